The number of aromatic nitrogens is 2. The van der Waals surface area contributed by atoms with Crippen LogP contribution < -0.4 is 0 Å². The summed E-state index contributed by atoms with van der Waals surface area (Å²) in [5.74, 6) is 0.816. The van der Waals surface area contributed by atoms with Crippen molar-refractivity contribution in [1.29, 1.82) is 0 Å². The molecule has 1 rings (SSSR count). The lowest BCUT2D eigenvalue weighted by Crippen LogP contribution is -1.94. The molecular weight excluding hydrogens is 176 g/mol. The SMILES string of the molecule is Cc1nccc(C(C)SS)n1. The Morgan fingerprint density at radius 2 is 2.36 bits per heavy atom. The number of aryl methyl sites for hydroxylation is 1. The first-order valence-electron chi connectivity index (χ1n) is 3.34. The van der Waals surface area contributed by atoms with Crippen LogP contribution >= 0.6 is 22.5 Å². The van der Waals surface area contributed by atoms with Crippen molar-refractivity contribution in [3.8, 4) is 0 Å². The number of hydrogen-bond donors (Lipinski definition) is 1. The molecular formula is C7H10N2S2. The molecule has 0 spiro atoms. The highest BCUT2D eigenvalue weighted by Crippen LogP contribution is 2.28. The Bertz CT molecular complexity index is 240. The van der Waals surface area contributed by atoms with Crippen LogP contribution in [0.4, 0.5) is 0 Å². The zero-order valence-electron chi connectivity index (χ0n) is 6.48. The van der Waals surface area contributed by atoms with Crippen molar-refractivity contribution in [3.05, 3.63) is 23.8 Å². The minimum atomic E-state index is 0.333. The normalized spacial score (nSPS) is 13.0. The van der Waals surface area contributed by atoms with E-state index in [1.807, 2.05) is 13.0 Å². The van der Waals surface area contributed by atoms with Gasteiger partial charge in [0.15, 0.2) is 0 Å². The van der Waals surface area contributed by atoms with Crippen LogP contribution in [-0.2, 0) is 0 Å². The fourth-order valence-corrected chi connectivity index (χ4v) is 1.32. The van der Waals surface area contributed by atoms with Crippen molar-refractivity contribution in [2.45, 2.75) is 19.1 Å². The molecule has 0 aliphatic heterocycles. The van der Waals surface area contributed by atoms with Crippen molar-refractivity contribution in [2.75, 3.05) is 0 Å². The summed E-state index contributed by atoms with van der Waals surface area (Å²) in [6.45, 7) is 3.96. The van der Waals surface area contributed by atoms with E-state index in [4.69, 9.17) is 0 Å². The van der Waals surface area contributed by atoms with E-state index in [1.54, 1.807) is 6.20 Å². The van der Waals surface area contributed by atoms with E-state index in [1.165, 1.54) is 10.8 Å². The summed E-state index contributed by atoms with van der Waals surface area (Å²) in [5.41, 5.74) is 1.04. The van der Waals surface area contributed by atoms with Gasteiger partial charge in [-0.25, -0.2) is 9.97 Å². The molecule has 0 saturated carbocycles. The van der Waals surface area contributed by atoms with E-state index in [0.29, 0.717) is 5.25 Å². The van der Waals surface area contributed by atoms with Crippen molar-refractivity contribution in [2.24, 2.45) is 0 Å². The van der Waals surface area contributed by atoms with Gasteiger partial charge in [-0.05, 0) is 19.9 Å². The van der Waals surface area contributed by atoms with E-state index in [-0.39, 0.29) is 0 Å². The molecule has 1 unspecified atom stereocenters. The maximum atomic E-state index is 4.26. The van der Waals surface area contributed by atoms with Crippen LogP contribution in [0.1, 0.15) is 23.7 Å². The lowest BCUT2D eigenvalue weighted by molar-refractivity contribution is 0.938. The van der Waals surface area contributed by atoms with Crippen LogP contribution in [0.5, 0.6) is 0 Å². The van der Waals surface area contributed by atoms with Crippen molar-refractivity contribution >= 4 is 22.5 Å². The Labute approximate surface area is 75.6 Å². The monoisotopic (exact) mass is 186 g/mol. The fourth-order valence-electron chi connectivity index (χ4n) is 0.755. The molecule has 0 N–H and O–H groups in total. The van der Waals surface area contributed by atoms with Gasteiger partial charge in [0.25, 0.3) is 0 Å². The molecule has 2 nitrogen and oxygen atoms in total. The Morgan fingerprint density at radius 1 is 1.64 bits per heavy atom. The molecule has 4 heteroatoms. The van der Waals surface area contributed by atoms with E-state index < -0.39 is 0 Å². The van der Waals surface area contributed by atoms with Crippen LogP contribution in [0.15, 0.2) is 12.3 Å². The summed E-state index contributed by atoms with van der Waals surface area (Å²) >= 11 is 4.12. The molecule has 0 amide bonds. The van der Waals surface area contributed by atoms with E-state index in [9.17, 15) is 0 Å². The predicted octanol–water partition coefficient (Wildman–Crippen LogP) is 2.42. The third-order valence-corrected chi connectivity index (χ3v) is 2.88. The van der Waals surface area contributed by atoms with Crippen molar-refractivity contribution in [1.82, 2.24) is 9.97 Å². The summed E-state index contributed by atoms with van der Waals surface area (Å²) < 4.78 is 0. The van der Waals surface area contributed by atoms with Gasteiger partial charge < -0.3 is 0 Å². The highest BCUT2D eigenvalue weighted by atomic mass is 33.1. The summed E-state index contributed by atoms with van der Waals surface area (Å²) in [4.78, 5) is 8.27. The third kappa shape index (κ3) is 2.38. The molecule has 1 aromatic heterocycles. The van der Waals surface area contributed by atoms with E-state index in [2.05, 4.69) is 28.6 Å². The highest BCUT2D eigenvalue weighted by Gasteiger charge is 2.04. The maximum Gasteiger partial charge on any atom is 0.125 e. The molecule has 1 atom stereocenters. The molecule has 0 aliphatic carbocycles. The Balaban J connectivity index is 2.86. The number of nitrogens with zero attached hydrogens (tertiary/aromatic N) is 2. The first kappa shape index (κ1) is 8.87. The lowest BCUT2D eigenvalue weighted by atomic mass is 10.3. The summed E-state index contributed by atoms with van der Waals surface area (Å²) in [6, 6.07) is 1.92. The molecule has 0 bridgehead atoms. The predicted molar refractivity (Wildman–Crippen MR) is 51.8 cm³/mol. The van der Waals surface area contributed by atoms with Crippen LogP contribution in [0.25, 0.3) is 0 Å². The highest BCUT2D eigenvalue weighted by molar-refractivity contribution is 8.68. The minimum Gasteiger partial charge on any atom is -0.242 e. The van der Waals surface area contributed by atoms with Crippen LogP contribution in [0.3, 0.4) is 0 Å². The number of hydrogen-bond acceptors (Lipinski definition) is 4. The van der Waals surface area contributed by atoms with Gasteiger partial charge in [-0.2, -0.15) is 0 Å². The molecule has 0 aromatic carbocycles. The fraction of sp³-hybridized carbons (Fsp3) is 0.429. The summed E-state index contributed by atoms with van der Waals surface area (Å²) in [7, 11) is 1.49. The first-order valence-corrected chi connectivity index (χ1v) is 5.27. The minimum absolute atomic E-state index is 0.333. The Kier molecular flexibility index (Phi) is 3.20. The molecule has 60 valence electrons. The Hall–Kier alpha value is -0.220. The van der Waals surface area contributed by atoms with Crippen LogP contribution in [0, 0.1) is 6.92 Å². The van der Waals surface area contributed by atoms with Gasteiger partial charge in [0.2, 0.25) is 0 Å². The van der Waals surface area contributed by atoms with Gasteiger partial charge in [0.1, 0.15) is 5.82 Å². The zero-order chi connectivity index (χ0) is 8.27. The van der Waals surface area contributed by atoms with Crippen LogP contribution in [0.2, 0.25) is 0 Å². The average molecular weight is 186 g/mol. The van der Waals surface area contributed by atoms with Gasteiger partial charge in [-0.1, -0.05) is 10.8 Å². The van der Waals surface area contributed by atoms with E-state index >= 15 is 0 Å². The lowest BCUT2D eigenvalue weighted by Gasteiger charge is -2.05. The van der Waals surface area contributed by atoms with Gasteiger partial charge >= 0.3 is 0 Å². The largest absolute Gasteiger partial charge is 0.242 e. The summed E-state index contributed by atoms with van der Waals surface area (Å²) in [5, 5.41) is 0.333. The molecule has 0 aliphatic rings. The topological polar surface area (TPSA) is 25.8 Å². The molecule has 0 fully saturated rings. The maximum absolute atomic E-state index is 4.26. The third-order valence-electron chi connectivity index (χ3n) is 1.37. The molecule has 0 saturated heterocycles. The molecule has 11 heavy (non-hydrogen) atoms. The number of thiol groups is 1. The van der Waals surface area contributed by atoms with Gasteiger partial charge in [-0.15, -0.1) is 11.7 Å². The van der Waals surface area contributed by atoms with Gasteiger partial charge in [0, 0.05) is 6.20 Å². The second-order valence-corrected chi connectivity index (χ2v) is 3.83. The summed E-state index contributed by atoms with van der Waals surface area (Å²) in [6.07, 6.45) is 1.78. The molecule has 1 aromatic rings. The van der Waals surface area contributed by atoms with Crippen LogP contribution in [-0.4, -0.2) is 9.97 Å². The zero-order valence-corrected chi connectivity index (χ0v) is 8.19. The second-order valence-electron chi connectivity index (χ2n) is 2.28. The molecule has 1 heterocycles. The standard InChI is InChI=1S/C7H10N2S2/c1-5(11-10)7-3-4-8-6(2)9-7/h3-5,10H,1-2H3. The average Bonchev–Trinajstić information content (AvgIpc) is 2.03. The molecule has 0 radical (unpaired) electrons. The van der Waals surface area contributed by atoms with Gasteiger partial charge in [-0.3, -0.25) is 0 Å². The second kappa shape index (κ2) is 3.97. The first-order chi connectivity index (χ1) is 5.24. The smallest absolute Gasteiger partial charge is 0.125 e. The Morgan fingerprint density at radius 3 is 2.91 bits per heavy atom. The quantitative estimate of drug-likeness (QED) is 0.567. The van der Waals surface area contributed by atoms with Crippen molar-refractivity contribution < 1.29 is 0 Å². The van der Waals surface area contributed by atoms with E-state index in [0.717, 1.165) is 11.5 Å². The van der Waals surface area contributed by atoms with Gasteiger partial charge in [0.05, 0.1) is 10.9 Å². The number of rotatable bonds is 2. The van der Waals surface area contributed by atoms with Crippen molar-refractivity contribution in [3.63, 3.8) is 0 Å².